The molecule has 2 heterocycles. The van der Waals surface area contributed by atoms with Gasteiger partial charge in [-0.05, 0) is 18.0 Å². The summed E-state index contributed by atoms with van der Waals surface area (Å²) in [5, 5.41) is 7.21. The van der Waals surface area contributed by atoms with Gasteiger partial charge in [0.1, 0.15) is 4.88 Å². The standard InChI is InChI=1S/C11H18N4O2S/c1-3-9-10(18-14-13-9)11(16)15(2)7-8-6-12-4-5-17-8/h8,12H,3-7H2,1-2H3. The Morgan fingerprint density at radius 3 is 3.17 bits per heavy atom. The molecule has 1 saturated heterocycles. The average molecular weight is 270 g/mol. The number of likely N-dealkylation sites (N-methyl/N-ethyl adjacent to an activating group) is 1. The molecular weight excluding hydrogens is 252 g/mol. The van der Waals surface area contributed by atoms with Crippen molar-refractivity contribution < 1.29 is 9.53 Å². The first kappa shape index (κ1) is 13.4. The van der Waals surface area contributed by atoms with E-state index in [9.17, 15) is 4.79 Å². The van der Waals surface area contributed by atoms with Crippen molar-refractivity contribution in [2.75, 3.05) is 33.3 Å². The third-order valence-electron chi connectivity index (χ3n) is 2.91. The van der Waals surface area contributed by atoms with Crippen LogP contribution in [0.15, 0.2) is 0 Å². The fourth-order valence-electron chi connectivity index (χ4n) is 1.90. The number of hydrogen-bond acceptors (Lipinski definition) is 6. The van der Waals surface area contributed by atoms with Gasteiger partial charge in [-0.15, -0.1) is 5.10 Å². The van der Waals surface area contributed by atoms with Gasteiger partial charge in [-0.2, -0.15) is 0 Å². The zero-order valence-corrected chi connectivity index (χ0v) is 11.5. The third kappa shape index (κ3) is 3.04. The zero-order chi connectivity index (χ0) is 13.0. The molecule has 1 unspecified atom stereocenters. The van der Waals surface area contributed by atoms with E-state index in [2.05, 4.69) is 14.9 Å². The highest BCUT2D eigenvalue weighted by Crippen LogP contribution is 2.14. The number of nitrogens with one attached hydrogen (secondary N) is 1. The molecule has 0 spiro atoms. The molecule has 0 bridgehead atoms. The second-order valence-corrected chi connectivity index (χ2v) is 5.04. The van der Waals surface area contributed by atoms with Crippen molar-refractivity contribution >= 4 is 17.4 Å². The summed E-state index contributed by atoms with van der Waals surface area (Å²) in [5.74, 6) is -0.0176. The summed E-state index contributed by atoms with van der Waals surface area (Å²) in [5.41, 5.74) is 0.777. The third-order valence-corrected chi connectivity index (χ3v) is 3.67. The van der Waals surface area contributed by atoms with Crippen LogP contribution >= 0.6 is 11.5 Å². The van der Waals surface area contributed by atoms with E-state index in [0.717, 1.165) is 36.7 Å². The topological polar surface area (TPSA) is 67.4 Å². The molecular formula is C11H18N4O2S. The Kier molecular flexibility index (Phi) is 4.62. The van der Waals surface area contributed by atoms with Gasteiger partial charge in [0.2, 0.25) is 0 Å². The van der Waals surface area contributed by atoms with E-state index in [0.29, 0.717) is 18.0 Å². The number of hydrogen-bond donors (Lipinski definition) is 1. The molecule has 1 aromatic heterocycles. The normalized spacial score (nSPS) is 19.8. The van der Waals surface area contributed by atoms with Crippen molar-refractivity contribution in [1.29, 1.82) is 0 Å². The van der Waals surface area contributed by atoms with E-state index in [4.69, 9.17) is 4.74 Å². The molecule has 0 aromatic carbocycles. The molecule has 0 saturated carbocycles. The number of ether oxygens (including phenoxy) is 1. The van der Waals surface area contributed by atoms with E-state index in [1.165, 1.54) is 0 Å². The monoisotopic (exact) mass is 270 g/mol. The lowest BCUT2D eigenvalue weighted by Gasteiger charge is -2.27. The fourth-order valence-corrected chi connectivity index (χ4v) is 2.65. The maximum atomic E-state index is 12.2. The molecule has 7 heteroatoms. The van der Waals surface area contributed by atoms with Crippen molar-refractivity contribution in [3.05, 3.63) is 10.6 Å². The van der Waals surface area contributed by atoms with Crippen LogP contribution in [0.3, 0.4) is 0 Å². The smallest absolute Gasteiger partial charge is 0.267 e. The van der Waals surface area contributed by atoms with Gasteiger partial charge < -0.3 is 15.0 Å². The number of aromatic nitrogens is 2. The molecule has 1 aliphatic heterocycles. The van der Waals surface area contributed by atoms with Crippen LogP contribution in [0, 0.1) is 0 Å². The minimum Gasteiger partial charge on any atom is -0.374 e. The Hall–Kier alpha value is -1.05. The van der Waals surface area contributed by atoms with Crippen LogP contribution in [-0.4, -0.2) is 59.8 Å². The summed E-state index contributed by atoms with van der Waals surface area (Å²) in [6.45, 7) is 4.94. The lowest BCUT2D eigenvalue weighted by atomic mass is 10.2. The van der Waals surface area contributed by atoms with Gasteiger partial charge in [0, 0.05) is 26.7 Å². The first-order valence-corrected chi connectivity index (χ1v) is 6.88. The number of rotatable bonds is 4. The number of carbonyl (C=O) groups is 1. The minimum absolute atomic E-state index is 0.0176. The lowest BCUT2D eigenvalue weighted by Crippen LogP contribution is -2.45. The molecule has 2 rings (SSSR count). The molecule has 6 nitrogen and oxygen atoms in total. The van der Waals surface area contributed by atoms with Crippen LogP contribution in [0.1, 0.15) is 22.3 Å². The molecule has 1 aliphatic rings. The second-order valence-electron chi connectivity index (χ2n) is 4.28. The Bertz CT molecular complexity index is 404. The summed E-state index contributed by atoms with van der Waals surface area (Å²) >= 11 is 1.16. The predicted molar refractivity (Wildman–Crippen MR) is 68.9 cm³/mol. The summed E-state index contributed by atoms with van der Waals surface area (Å²) in [7, 11) is 1.79. The Balaban J connectivity index is 1.95. The SMILES string of the molecule is CCc1nnsc1C(=O)N(C)CC1CNCCO1. The van der Waals surface area contributed by atoms with Gasteiger partial charge in [0.05, 0.1) is 18.4 Å². The van der Waals surface area contributed by atoms with Gasteiger partial charge in [-0.1, -0.05) is 11.4 Å². The van der Waals surface area contributed by atoms with Gasteiger partial charge in [-0.25, -0.2) is 0 Å². The van der Waals surface area contributed by atoms with Gasteiger partial charge >= 0.3 is 0 Å². The maximum Gasteiger partial charge on any atom is 0.267 e. The van der Waals surface area contributed by atoms with Crippen LogP contribution < -0.4 is 5.32 Å². The molecule has 1 aromatic rings. The molecule has 1 N–H and O–H groups in total. The molecule has 0 radical (unpaired) electrons. The van der Waals surface area contributed by atoms with Crippen LogP contribution in [0.4, 0.5) is 0 Å². The Labute approximate surface area is 110 Å². The number of amides is 1. The Morgan fingerprint density at radius 1 is 1.67 bits per heavy atom. The summed E-state index contributed by atoms with van der Waals surface area (Å²) in [6.07, 6.45) is 0.797. The molecule has 1 atom stereocenters. The van der Waals surface area contributed by atoms with Crippen molar-refractivity contribution in [1.82, 2.24) is 19.8 Å². The molecule has 1 fully saturated rings. The number of carbonyl (C=O) groups excluding carboxylic acids is 1. The maximum absolute atomic E-state index is 12.2. The van der Waals surface area contributed by atoms with Crippen molar-refractivity contribution in [3.8, 4) is 0 Å². The lowest BCUT2D eigenvalue weighted by molar-refractivity contribution is 0.0104. The molecule has 0 aliphatic carbocycles. The first-order valence-electron chi connectivity index (χ1n) is 6.11. The average Bonchev–Trinajstić information content (AvgIpc) is 2.87. The van der Waals surface area contributed by atoms with E-state index >= 15 is 0 Å². The van der Waals surface area contributed by atoms with Gasteiger partial charge in [0.15, 0.2) is 0 Å². The van der Waals surface area contributed by atoms with Crippen LogP contribution in [0.5, 0.6) is 0 Å². The highest BCUT2D eigenvalue weighted by Gasteiger charge is 2.22. The van der Waals surface area contributed by atoms with Crippen molar-refractivity contribution in [3.63, 3.8) is 0 Å². The molecule has 18 heavy (non-hydrogen) atoms. The summed E-state index contributed by atoms with van der Waals surface area (Å²) < 4.78 is 9.43. The van der Waals surface area contributed by atoms with Crippen LogP contribution in [0.2, 0.25) is 0 Å². The largest absolute Gasteiger partial charge is 0.374 e. The van der Waals surface area contributed by atoms with E-state index < -0.39 is 0 Å². The molecule has 1 amide bonds. The van der Waals surface area contributed by atoms with E-state index in [1.54, 1.807) is 11.9 Å². The predicted octanol–water partition coefficient (Wildman–Crippen LogP) is 0.161. The fraction of sp³-hybridized carbons (Fsp3) is 0.727. The highest BCUT2D eigenvalue weighted by molar-refractivity contribution is 7.07. The highest BCUT2D eigenvalue weighted by atomic mass is 32.1. The van der Waals surface area contributed by atoms with Crippen molar-refractivity contribution in [2.24, 2.45) is 0 Å². The van der Waals surface area contributed by atoms with Crippen LogP contribution in [-0.2, 0) is 11.2 Å². The number of nitrogens with zero attached hydrogens (tertiary/aromatic N) is 3. The molecule has 100 valence electrons. The van der Waals surface area contributed by atoms with E-state index in [-0.39, 0.29) is 12.0 Å². The van der Waals surface area contributed by atoms with E-state index in [1.807, 2.05) is 6.92 Å². The van der Waals surface area contributed by atoms with Gasteiger partial charge in [0.25, 0.3) is 5.91 Å². The number of aryl methyl sites for hydroxylation is 1. The Morgan fingerprint density at radius 2 is 2.50 bits per heavy atom. The quantitative estimate of drug-likeness (QED) is 0.844. The first-order chi connectivity index (χ1) is 8.72. The minimum atomic E-state index is -0.0176. The second kappa shape index (κ2) is 6.21. The number of morpholine rings is 1. The van der Waals surface area contributed by atoms with Gasteiger partial charge in [-0.3, -0.25) is 4.79 Å². The van der Waals surface area contributed by atoms with Crippen molar-refractivity contribution in [2.45, 2.75) is 19.4 Å². The summed E-state index contributed by atoms with van der Waals surface area (Å²) in [6, 6.07) is 0. The summed E-state index contributed by atoms with van der Waals surface area (Å²) in [4.78, 5) is 14.6. The zero-order valence-electron chi connectivity index (χ0n) is 10.7. The van der Waals surface area contributed by atoms with Crippen LogP contribution in [0.25, 0.3) is 0 Å².